The molecule has 0 aromatic heterocycles. The van der Waals surface area contributed by atoms with Crippen molar-refractivity contribution in [1.29, 1.82) is 5.26 Å². The van der Waals surface area contributed by atoms with Gasteiger partial charge in [-0.05, 0) is 23.8 Å². The van der Waals surface area contributed by atoms with Crippen molar-refractivity contribution < 1.29 is 4.74 Å². The molecule has 1 N–H and O–H groups in total. The fraction of sp³-hybridized carbons (Fsp3) is 0.133. The smallest absolute Gasteiger partial charge is 0.119 e. The molecular formula is C15H14N2O. The summed E-state index contributed by atoms with van der Waals surface area (Å²) in [6, 6.07) is 15.7. The minimum atomic E-state index is 0.647. The molecule has 3 heteroatoms. The van der Waals surface area contributed by atoms with Gasteiger partial charge in [-0.15, -0.1) is 0 Å². The molecule has 90 valence electrons. The van der Waals surface area contributed by atoms with E-state index in [1.807, 2.05) is 49.5 Å². The summed E-state index contributed by atoms with van der Waals surface area (Å²) in [4.78, 5) is 0. The monoisotopic (exact) mass is 238 g/mol. The molecule has 2 rings (SSSR count). The number of anilines is 1. The van der Waals surface area contributed by atoms with Crippen molar-refractivity contribution in [3.05, 3.63) is 48.0 Å². The number of benzene rings is 2. The SMILES string of the molecule is CNc1cccc(-c2cccc(OC)c2)c1C#N. The number of nitriles is 1. The van der Waals surface area contributed by atoms with Crippen LogP contribution in [0.5, 0.6) is 5.75 Å². The van der Waals surface area contributed by atoms with Gasteiger partial charge in [-0.3, -0.25) is 0 Å². The van der Waals surface area contributed by atoms with Crippen molar-refractivity contribution >= 4 is 5.69 Å². The molecule has 0 radical (unpaired) electrons. The van der Waals surface area contributed by atoms with Gasteiger partial charge in [-0.25, -0.2) is 0 Å². The van der Waals surface area contributed by atoms with Crippen LogP contribution in [0.1, 0.15) is 5.56 Å². The normalized spacial score (nSPS) is 9.61. The van der Waals surface area contributed by atoms with Crippen LogP contribution in [-0.2, 0) is 0 Å². The number of ether oxygens (including phenoxy) is 1. The van der Waals surface area contributed by atoms with E-state index in [-0.39, 0.29) is 0 Å². The number of rotatable bonds is 3. The zero-order chi connectivity index (χ0) is 13.0. The summed E-state index contributed by atoms with van der Waals surface area (Å²) in [5.74, 6) is 0.784. The first-order valence-electron chi connectivity index (χ1n) is 5.65. The Labute approximate surface area is 107 Å². The number of nitrogens with zero attached hydrogens (tertiary/aromatic N) is 1. The van der Waals surface area contributed by atoms with Crippen LogP contribution in [0.15, 0.2) is 42.5 Å². The van der Waals surface area contributed by atoms with Crippen molar-refractivity contribution in [2.45, 2.75) is 0 Å². The highest BCUT2D eigenvalue weighted by atomic mass is 16.5. The molecule has 0 heterocycles. The van der Waals surface area contributed by atoms with Crippen LogP contribution in [0.2, 0.25) is 0 Å². The van der Waals surface area contributed by atoms with Crippen LogP contribution < -0.4 is 10.1 Å². The molecular weight excluding hydrogens is 224 g/mol. The van der Waals surface area contributed by atoms with Gasteiger partial charge in [-0.1, -0.05) is 24.3 Å². The molecule has 0 saturated heterocycles. The molecule has 3 nitrogen and oxygen atoms in total. The third-order valence-electron chi connectivity index (χ3n) is 2.83. The van der Waals surface area contributed by atoms with E-state index in [9.17, 15) is 5.26 Å². The maximum absolute atomic E-state index is 9.30. The molecule has 0 saturated carbocycles. The van der Waals surface area contributed by atoms with Gasteiger partial charge < -0.3 is 10.1 Å². The maximum Gasteiger partial charge on any atom is 0.119 e. The summed E-state index contributed by atoms with van der Waals surface area (Å²) in [6.07, 6.45) is 0. The summed E-state index contributed by atoms with van der Waals surface area (Å²) in [7, 11) is 3.44. The molecule has 2 aromatic rings. The first-order chi connectivity index (χ1) is 8.80. The van der Waals surface area contributed by atoms with E-state index in [1.54, 1.807) is 7.11 Å². The third kappa shape index (κ3) is 2.14. The first-order valence-corrected chi connectivity index (χ1v) is 5.65. The molecule has 0 aliphatic rings. The summed E-state index contributed by atoms with van der Waals surface area (Å²) < 4.78 is 5.21. The summed E-state index contributed by atoms with van der Waals surface area (Å²) >= 11 is 0. The van der Waals surface area contributed by atoms with Crippen LogP contribution >= 0.6 is 0 Å². The van der Waals surface area contributed by atoms with E-state index in [2.05, 4.69) is 11.4 Å². The number of methoxy groups -OCH3 is 1. The minimum Gasteiger partial charge on any atom is -0.497 e. The Hall–Kier alpha value is -2.47. The lowest BCUT2D eigenvalue weighted by Crippen LogP contribution is -1.94. The van der Waals surface area contributed by atoms with E-state index in [4.69, 9.17) is 4.74 Å². The van der Waals surface area contributed by atoms with Crippen LogP contribution in [0.25, 0.3) is 11.1 Å². The second-order valence-electron chi connectivity index (χ2n) is 3.82. The quantitative estimate of drug-likeness (QED) is 0.892. The first kappa shape index (κ1) is 12.0. The third-order valence-corrected chi connectivity index (χ3v) is 2.83. The predicted molar refractivity (Wildman–Crippen MR) is 72.7 cm³/mol. The fourth-order valence-corrected chi connectivity index (χ4v) is 1.91. The number of nitrogens with one attached hydrogen (secondary N) is 1. The Morgan fingerprint density at radius 3 is 2.61 bits per heavy atom. The molecule has 0 spiro atoms. The van der Waals surface area contributed by atoms with Crippen molar-refractivity contribution in [3.63, 3.8) is 0 Å². The van der Waals surface area contributed by atoms with E-state index in [1.165, 1.54) is 0 Å². The van der Waals surface area contributed by atoms with E-state index in [0.717, 1.165) is 22.6 Å². The predicted octanol–water partition coefficient (Wildman–Crippen LogP) is 3.28. The zero-order valence-corrected chi connectivity index (χ0v) is 10.4. The molecule has 0 aliphatic carbocycles. The van der Waals surface area contributed by atoms with Gasteiger partial charge in [0.25, 0.3) is 0 Å². The standard InChI is InChI=1S/C15H14N2O/c1-17-15-8-4-7-13(14(15)10-16)11-5-3-6-12(9-11)18-2/h3-9,17H,1-2H3. The van der Waals surface area contributed by atoms with Gasteiger partial charge in [0.1, 0.15) is 11.8 Å². The molecule has 0 fully saturated rings. The Kier molecular flexibility index (Phi) is 3.49. The molecule has 0 amide bonds. The zero-order valence-electron chi connectivity index (χ0n) is 10.4. The van der Waals surface area contributed by atoms with Crippen molar-refractivity contribution in [2.75, 3.05) is 19.5 Å². The summed E-state index contributed by atoms with van der Waals surface area (Å²) in [5, 5.41) is 12.3. The lowest BCUT2D eigenvalue weighted by Gasteiger charge is -2.10. The van der Waals surface area contributed by atoms with Gasteiger partial charge in [-0.2, -0.15) is 5.26 Å². The molecule has 18 heavy (non-hydrogen) atoms. The average molecular weight is 238 g/mol. The fourth-order valence-electron chi connectivity index (χ4n) is 1.91. The van der Waals surface area contributed by atoms with Crippen molar-refractivity contribution in [3.8, 4) is 22.9 Å². The molecule has 2 aromatic carbocycles. The van der Waals surface area contributed by atoms with Gasteiger partial charge in [0.05, 0.1) is 18.4 Å². The number of hydrogen-bond donors (Lipinski definition) is 1. The molecule has 0 atom stereocenters. The van der Waals surface area contributed by atoms with Crippen LogP contribution in [0, 0.1) is 11.3 Å². The highest BCUT2D eigenvalue weighted by molar-refractivity contribution is 5.78. The van der Waals surface area contributed by atoms with E-state index >= 15 is 0 Å². The van der Waals surface area contributed by atoms with Crippen LogP contribution in [-0.4, -0.2) is 14.2 Å². The largest absolute Gasteiger partial charge is 0.497 e. The summed E-state index contributed by atoms with van der Waals surface area (Å²) in [5.41, 5.74) is 3.36. The van der Waals surface area contributed by atoms with Crippen LogP contribution in [0.4, 0.5) is 5.69 Å². The minimum absolute atomic E-state index is 0.647. The lowest BCUT2D eigenvalue weighted by molar-refractivity contribution is 0.415. The van der Waals surface area contributed by atoms with Gasteiger partial charge >= 0.3 is 0 Å². The summed E-state index contributed by atoms with van der Waals surface area (Å²) in [6.45, 7) is 0. The molecule has 0 unspecified atom stereocenters. The molecule has 0 bridgehead atoms. The Bertz CT molecular complexity index is 600. The lowest BCUT2D eigenvalue weighted by atomic mass is 9.99. The Morgan fingerprint density at radius 1 is 1.17 bits per heavy atom. The molecule has 0 aliphatic heterocycles. The second-order valence-corrected chi connectivity index (χ2v) is 3.82. The van der Waals surface area contributed by atoms with E-state index in [0.29, 0.717) is 5.56 Å². The topological polar surface area (TPSA) is 45.0 Å². The Balaban J connectivity index is 2.60. The van der Waals surface area contributed by atoms with Gasteiger partial charge in [0.15, 0.2) is 0 Å². The number of hydrogen-bond acceptors (Lipinski definition) is 3. The van der Waals surface area contributed by atoms with Crippen LogP contribution in [0.3, 0.4) is 0 Å². The highest BCUT2D eigenvalue weighted by Gasteiger charge is 2.09. The highest BCUT2D eigenvalue weighted by Crippen LogP contribution is 2.30. The van der Waals surface area contributed by atoms with E-state index < -0.39 is 0 Å². The van der Waals surface area contributed by atoms with Gasteiger partial charge in [0, 0.05) is 12.6 Å². The van der Waals surface area contributed by atoms with Crippen molar-refractivity contribution in [2.24, 2.45) is 0 Å². The average Bonchev–Trinajstić information content (AvgIpc) is 2.46. The Morgan fingerprint density at radius 2 is 1.94 bits per heavy atom. The van der Waals surface area contributed by atoms with Crippen molar-refractivity contribution in [1.82, 2.24) is 0 Å². The van der Waals surface area contributed by atoms with Gasteiger partial charge in [0.2, 0.25) is 0 Å². The maximum atomic E-state index is 9.30. The second kappa shape index (κ2) is 5.24.